The zero-order valence-corrected chi connectivity index (χ0v) is 17.6. The number of aromatic nitrogens is 6. The van der Waals surface area contributed by atoms with Gasteiger partial charge in [-0.1, -0.05) is 6.07 Å². The normalized spacial score (nSPS) is 15.7. The molecule has 0 fully saturated rings. The molecule has 1 aliphatic heterocycles. The summed E-state index contributed by atoms with van der Waals surface area (Å²) in [7, 11) is 0. The highest BCUT2D eigenvalue weighted by Crippen LogP contribution is 2.35. The van der Waals surface area contributed by atoms with Crippen LogP contribution >= 0.6 is 0 Å². The molecule has 0 spiro atoms. The largest absolute Gasteiger partial charge is 0.429 e. The molecular formula is C23H17F2N7O2. The Balaban J connectivity index is 1.42. The Morgan fingerprint density at radius 3 is 2.91 bits per heavy atom. The minimum atomic E-state index is -2.66. The fourth-order valence-corrected chi connectivity index (χ4v) is 4.29. The molecule has 0 radical (unpaired) electrons. The van der Waals surface area contributed by atoms with Crippen molar-refractivity contribution in [3.8, 4) is 11.6 Å². The summed E-state index contributed by atoms with van der Waals surface area (Å²) in [5.41, 5.74) is 2.57. The van der Waals surface area contributed by atoms with Gasteiger partial charge in [-0.2, -0.15) is 5.10 Å². The zero-order valence-electron chi connectivity index (χ0n) is 17.6. The van der Waals surface area contributed by atoms with Crippen LogP contribution in [0.15, 0.2) is 65.7 Å². The molecule has 1 aliphatic rings. The number of hydrogen-bond donors (Lipinski definition) is 1. The van der Waals surface area contributed by atoms with Crippen LogP contribution in [0.5, 0.6) is 0 Å². The molecule has 1 unspecified atom stereocenters. The predicted octanol–water partition coefficient (Wildman–Crippen LogP) is 3.83. The molecule has 170 valence electrons. The summed E-state index contributed by atoms with van der Waals surface area (Å²) in [6.07, 6.45) is 4.02. The monoisotopic (exact) mass is 461 g/mol. The fourth-order valence-electron chi connectivity index (χ4n) is 4.29. The molecule has 0 aromatic carbocycles. The van der Waals surface area contributed by atoms with Crippen molar-refractivity contribution in [1.82, 2.24) is 34.4 Å². The van der Waals surface area contributed by atoms with Crippen LogP contribution in [0.3, 0.4) is 0 Å². The Morgan fingerprint density at radius 1 is 1.18 bits per heavy atom. The summed E-state index contributed by atoms with van der Waals surface area (Å²) in [5, 5.41) is 4.52. The first-order chi connectivity index (χ1) is 16.6. The molecule has 0 saturated heterocycles. The van der Waals surface area contributed by atoms with E-state index in [0.29, 0.717) is 30.0 Å². The zero-order chi connectivity index (χ0) is 23.2. The van der Waals surface area contributed by atoms with Crippen molar-refractivity contribution in [2.24, 2.45) is 0 Å². The number of carbonyl (C=O) groups excluding carboxylic acids is 1. The number of nitrogens with zero attached hydrogens (tertiary/aromatic N) is 6. The Hall–Kier alpha value is -4.41. The fraction of sp³-hybridized carbons (Fsp3) is 0.174. The molecule has 34 heavy (non-hydrogen) atoms. The number of H-pyrrole nitrogens is 1. The number of pyridine rings is 2. The van der Waals surface area contributed by atoms with Crippen LogP contribution < -0.4 is 0 Å². The van der Waals surface area contributed by atoms with Crippen molar-refractivity contribution in [2.45, 2.75) is 18.9 Å². The summed E-state index contributed by atoms with van der Waals surface area (Å²) in [4.78, 5) is 31.0. The number of oxazole rings is 1. The quantitative estimate of drug-likeness (QED) is 0.436. The van der Waals surface area contributed by atoms with Gasteiger partial charge in [-0.25, -0.2) is 23.3 Å². The first kappa shape index (κ1) is 20.2. The lowest BCUT2D eigenvalue weighted by atomic mass is 9.99. The standard InChI is InChI=1S/C23H17F2N7O2/c24-21(25)13-4-3-8-32-17(13)10-16(30-32)20-19-14(28-12-29-19)6-9-31(20)23(33)18-11-27-22(34-18)15-5-1-2-7-26-15/h1-5,7-8,10-12,20-21H,6,9H2,(H,28,29). The number of alkyl halides is 2. The van der Waals surface area contributed by atoms with Crippen molar-refractivity contribution < 1.29 is 18.0 Å². The lowest BCUT2D eigenvalue weighted by Crippen LogP contribution is -2.40. The van der Waals surface area contributed by atoms with E-state index < -0.39 is 18.4 Å². The molecule has 0 saturated carbocycles. The highest BCUT2D eigenvalue weighted by atomic mass is 19.3. The van der Waals surface area contributed by atoms with E-state index >= 15 is 0 Å². The number of amides is 1. The second-order valence-corrected chi connectivity index (χ2v) is 7.83. The Bertz CT molecular complexity index is 1490. The number of imidazole rings is 1. The van der Waals surface area contributed by atoms with E-state index in [0.717, 1.165) is 5.69 Å². The van der Waals surface area contributed by atoms with Crippen LogP contribution in [0.4, 0.5) is 8.78 Å². The first-order valence-electron chi connectivity index (χ1n) is 10.6. The molecule has 9 nitrogen and oxygen atoms in total. The van der Waals surface area contributed by atoms with Gasteiger partial charge >= 0.3 is 0 Å². The number of aromatic amines is 1. The molecule has 11 heteroatoms. The van der Waals surface area contributed by atoms with Crippen molar-refractivity contribution in [3.05, 3.63) is 89.7 Å². The second-order valence-electron chi connectivity index (χ2n) is 7.83. The Kier molecular flexibility index (Phi) is 4.68. The summed E-state index contributed by atoms with van der Waals surface area (Å²) in [5.74, 6) is -0.131. The van der Waals surface area contributed by atoms with Gasteiger partial charge < -0.3 is 14.3 Å². The van der Waals surface area contributed by atoms with E-state index in [1.165, 1.54) is 22.8 Å². The topological polar surface area (TPSA) is 105 Å². The Morgan fingerprint density at radius 2 is 2.09 bits per heavy atom. The summed E-state index contributed by atoms with van der Waals surface area (Å²) < 4.78 is 34.2. The SMILES string of the molecule is O=C(c1cnc(-c2ccccn2)o1)N1CCc2[nH]cnc2C1c1cc2c(C(F)F)cccn2n1. The maximum atomic E-state index is 13.6. The van der Waals surface area contributed by atoms with Gasteiger partial charge in [-0.3, -0.25) is 9.78 Å². The summed E-state index contributed by atoms with van der Waals surface area (Å²) in [6.45, 7) is 0.355. The molecule has 6 heterocycles. The van der Waals surface area contributed by atoms with E-state index in [1.807, 2.05) is 0 Å². The molecule has 1 amide bonds. The molecule has 0 aliphatic carbocycles. The van der Waals surface area contributed by atoms with Crippen LogP contribution in [-0.2, 0) is 6.42 Å². The van der Waals surface area contributed by atoms with Gasteiger partial charge in [0.1, 0.15) is 11.7 Å². The third-order valence-corrected chi connectivity index (χ3v) is 5.86. The number of hydrogen-bond acceptors (Lipinski definition) is 6. The van der Waals surface area contributed by atoms with E-state index in [4.69, 9.17) is 4.42 Å². The van der Waals surface area contributed by atoms with Crippen molar-refractivity contribution in [1.29, 1.82) is 0 Å². The smallest absolute Gasteiger partial charge is 0.292 e. The second kappa shape index (κ2) is 7.87. The molecule has 1 atom stereocenters. The van der Waals surface area contributed by atoms with Crippen LogP contribution in [0.1, 0.15) is 45.7 Å². The molecule has 1 N–H and O–H groups in total. The van der Waals surface area contributed by atoms with Gasteiger partial charge in [0, 0.05) is 36.6 Å². The molecule has 0 bridgehead atoms. The van der Waals surface area contributed by atoms with Gasteiger partial charge in [0.2, 0.25) is 11.7 Å². The van der Waals surface area contributed by atoms with Crippen LogP contribution in [0, 0.1) is 0 Å². The third-order valence-electron chi connectivity index (χ3n) is 5.86. The van der Waals surface area contributed by atoms with E-state index in [-0.39, 0.29) is 22.7 Å². The number of nitrogens with one attached hydrogen (secondary N) is 1. The molecule has 6 rings (SSSR count). The number of halogens is 2. The van der Waals surface area contributed by atoms with Gasteiger partial charge in [0.15, 0.2) is 0 Å². The maximum Gasteiger partial charge on any atom is 0.292 e. The van der Waals surface area contributed by atoms with Crippen molar-refractivity contribution >= 4 is 11.4 Å². The highest BCUT2D eigenvalue weighted by Gasteiger charge is 2.37. The maximum absolute atomic E-state index is 13.6. The van der Waals surface area contributed by atoms with Gasteiger partial charge in [-0.15, -0.1) is 0 Å². The number of rotatable bonds is 4. The minimum absolute atomic E-state index is 0.0432. The summed E-state index contributed by atoms with van der Waals surface area (Å²) in [6, 6.07) is 9.08. The predicted molar refractivity (Wildman–Crippen MR) is 115 cm³/mol. The molecule has 5 aromatic heterocycles. The molecule has 5 aromatic rings. The first-order valence-corrected chi connectivity index (χ1v) is 10.6. The van der Waals surface area contributed by atoms with Crippen molar-refractivity contribution in [3.63, 3.8) is 0 Å². The van der Waals surface area contributed by atoms with Gasteiger partial charge in [0.05, 0.1) is 29.4 Å². The van der Waals surface area contributed by atoms with Crippen molar-refractivity contribution in [2.75, 3.05) is 6.54 Å². The Labute approximate surface area is 191 Å². The number of fused-ring (bicyclic) bond motifs is 2. The highest BCUT2D eigenvalue weighted by molar-refractivity contribution is 5.92. The van der Waals surface area contributed by atoms with Crippen LogP contribution in [0.25, 0.3) is 17.1 Å². The summed E-state index contributed by atoms with van der Waals surface area (Å²) >= 11 is 0. The average molecular weight is 461 g/mol. The van der Waals surface area contributed by atoms with Crippen LogP contribution in [-0.4, -0.2) is 46.9 Å². The lowest BCUT2D eigenvalue weighted by molar-refractivity contribution is 0.0655. The van der Waals surface area contributed by atoms with Gasteiger partial charge in [-0.05, 0) is 30.3 Å². The van der Waals surface area contributed by atoms with E-state index in [2.05, 4.69) is 25.0 Å². The van der Waals surface area contributed by atoms with E-state index in [1.54, 1.807) is 47.9 Å². The third kappa shape index (κ3) is 3.24. The number of carbonyl (C=O) groups is 1. The van der Waals surface area contributed by atoms with Gasteiger partial charge in [0.25, 0.3) is 12.3 Å². The van der Waals surface area contributed by atoms with E-state index in [9.17, 15) is 13.6 Å². The molecular weight excluding hydrogens is 444 g/mol. The van der Waals surface area contributed by atoms with Crippen LogP contribution in [0.2, 0.25) is 0 Å². The minimum Gasteiger partial charge on any atom is -0.429 e. The average Bonchev–Trinajstić information content (AvgIpc) is 3.62. The lowest BCUT2D eigenvalue weighted by Gasteiger charge is -2.33.